The second kappa shape index (κ2) is 4.33. The topological polar surface area (TPSA) is 20.2 Å². The Morgan fingerprint density at radius 3 is 2.71 bits per heavy atom. The Balaban J connectivity index is 2.33. The summed E-state index contributed by atoms with van der Waals surface area (Å²) in [4.78, 5) is 0.803. The first-order valence-electron chi connectivity index (χ1n) is 3.83. The quantitative estimate of drug-likeness (QED) is 0.876. The van der Waals surface area contributed by atoms with E-state index in [1.165, 1.54) is 11.3 Å². The summed E-state index contributed by atoms with van der Waals surface area (Å²) in [6, 6.07) is 3.71. The van der Waals surface area contributed by atoms with Crippen LogP contribution in [0.25, 0.3) is 0 Å². The molecule has 1 N–H and O–H groups in total. The first kappa shape index (κ1) is 10.6. The molecule has 1 atom stereocenters. The summed E-state index contributed by atoms with van der Waals surface area (Å²) in [5.41, 5.74) is 0.881. The normalized spacial score (nSPS) is 13.1. The van der Waals surface area contributed by atoms with Gasteiger partial charge < -0.3 is 5.11 Å². The van der Waals surface area contributed by atoms with Crippen molar-refractivity contribution >= 4 is 50.2 Å². The van der Waals surface area contributed by atoms with E-state index in [1.807, 2.05) is 16.8 Å². The minimum absolute atomic E-state index is 0.606. The van der Waals surface area contributed by atoms with Crippen molar-refractivity contribution in [2.24, 2.45) is 0 Å². The average molecular weight is 310 g/mol. The van der Waals surface area contributed by atoms with Crippen molar-refractivity contribution in [3.05, 3.63) is 42.1 Å². The van der Waals surface area contributed by atoms with Crippen molar-refractivity contribution in [3.8, 4) is 0 Å². The number of hydrogen-bond donors (Lipinski definition) is 1. The molecule has 0 radical (unpaired) electrons. The number of halogens is 2. The molecule has 74 valence electrons. The Morgan fingerprint density at radius 2 is 2.21 bits per heavy atom. The average Bonchev–Trinajstić information content (AvgIpc) is 2.73. The third-order valence-electron chi connectivity index (χ3n) is 1.80. The van der Waals surface area contributed by atoms with E-state index in [1.54, 1.807) is 17.4 Å². The van der Waals surface area contributed by atoms with E-state index in [0.717, 1.165) is 14.2 Å². The van der Waals surface area contributed by atoms with Gasteiger partial charge in [-0.15, -0.1) is 22.7 Å². The highest BCUT2D eigenvalue weighted by atomic mass is 79.9. The minimum atomic E-state index is -0.606. The maximum absolute atomic E-state index is 9.99. The molecule has 1 nitrogen and oxygen atoms in total. The van der Waals surface area contributed by atoms with E-state index in [4.69, 9.17) is 11.6 Å². The standard InChI is InChI=1S/C9H6BrClOS2/c10-7-3-5(4-14-7)8(12)9-6(11)1-2-13-9/h1-4,8,12H. The van der Waals surface area contributed by atoms with Crippen LogP contribution in [0.2, 0.25) is 5.02 Å². The molecular weight excluding hydrogens is 304 g/mol. The molecule has 0 aliphatic heterocycles. The molecule has 0 aliphatic rings. The molecule has 0 saturated heterocycles. The lowest BCUT2D eigenvalue weighted by atomic mass is 10.2. The number of thiophene rings is 2. The maximum atomic E-state index is 9.99. The predicted molar refractivity (Wildman–Crippen MR) is 65.4 cm³/mol. The van der Waals surface area contributed by atoms with Gasteiger partial charge in [-0.25, -0.2) is 0 Å². The lowest BCUT2D eigenvalue weighted by molar-refractivity contribution is 0.225. The Hall–Kier alpha value is 0.130. The SMILES string of the molecule is OC(c1csc(Br)c1)c1sccc1Cl. The summed E-state index contributed by atoms with van der Waals surface area (Å²) in [5.74, 6) is 0. The minimum Gasteiger partial charge on any atom is -0.383 e. The van der Waals surface area contributed by atoms with Crippen LogP contribution in [0, 0.1) is 0 Å². The second-order valence-electron chi connectivity index (χ2n) is 2.72. The van der Waals surface area contributed by atoms with Gasteiger partial charge in [0.05, 0.1) is 13.7 Å². The molecule has 0 bridgehead atoms. The van der Waals surface area contributed by atoms with Crippen LogP contribution in [0.4, 0.5) is 0 Å². The van der Waals surface area contributed by atoms with E-state index >= 15 is 0 Å². The molecule has 0 fully saturated rings. The van der Waals surface area contributed by atoms with Crippen molar-refractivity contribution in [1.29, 1.82) is 0 Å². The largest absolute Gasteiger partial charge is 0.383 e. The monoisotopic (exact) mass is 308 g/mol. The highest BCUT2D eigenvalue weighted by molar-refractivity contribution is 9.11. The summed E-state index contributed by atoms with van der Waals surface area (Å²) in [5, 5.41) is 14.4. The van der Waals surface area contributed by atoms with Crippen LogP contribution < -0.4 is 0 Å². The number of rotatable bonds is 2. The van der Waals surface area contributed by atoms with Gasteiger partial charge in [-0.3, -0.25) is 0 Å². The zero-order valence-electron chi connectivity index (χ0n) is 6.91. The Morgan fingerprint density at radius 1 is 1.43 bits per heavy atom. The predicted octanol–water partition coefficient (Wildman–Crippen LogP) is 4.31. The molecule has 5 heteroatoms. The zero-order chi connectivity index (χ0) is 10.1. The van der Waals surface area contributed by atoms with Crippen LogP contribution in [-0.4, -0.2) is 5.11 Å². The third kappa shape index (κ3) is 2.04. The number of hydrogen-bond acceptors (Lipinski definition) is 3. The van der Waals surface area contributed by atoms with Crippen molar-refractivity contribution < 1.29 is 5.11 Å². The van der Waals surface area contributed by atoms with Crippen molar-refractivity contribution in [1.82, 2.24) is 0 Å². The summed E-state index contributed by atoms with van der Waals surface area (Å²) < 4.78 is 1.01. The van der Waals surface area contributed by atoms with E-state index in [2.05, 4.69) is 15.9 Å². The molecule has 0 spiro atoms. The fourth-order valence-electron chi connectivity index (χ4n) is 1.12. The molecular formula is C9H6BrClOS2. The molecule has 0 amide bonds. The first-order chi connectivity index (χ1) is 6.68. The molecule has 2 rings (SSSR count). The van der Waals surface area contributed by atoms with Gasteiger partial charge in [-0.1, -0.05) is 11.6 Å². The molecule has 2 heterocycles. The molecule has 14 heavy (non-hydrogen) atoms. The molecule has 0 aliphatic carbocycles. The van der Waals surface area contributed by atoms with Gasteiger partial charge in [0, 0.05) is 0 Å². The second-order valence-corrected chi connectivity index (χ2v) is 6.36. The van der Waals surface area contributed by atoms with E-state index in [9.17, 15) is 5.11 Å². The molecule has 2 aromatic heterocycles. The lowest BCUT2D eigenvalue weighted by Crippen LogP contribution is -1.94. The number of aliphatic hydroxyl groups excluding tert-OH is 1. The number of aliphatic hydroxyl groups is 1. The highest BCUT2D eigenvalue weighted by Gasteiger charge is 2.16. The summed E-state index contributed by atoms with van der Waals surface area (Å²) in [7, 11) is 0. The molecule has 0 saturated carbocycles. The van der Waals surface area contributed by atoms with Gasteiger partial charge in [-0.2, -0.15) is 0 Å². The maximum Gasteiger partial charge on any atom is 0.116 e. The summed E-state index contributed by atoms with van der Waals surface area (Å²) >= 11 is 12.3. The molecule has 1 unspecified atom stereocenters. The zero-order valence-corrected chi connectivity index (χ0v) is 10.9. The Bertz CT molecular complexity index is 437. The van der Waals surface area contributed by atoms with Crippen molar-refractivity contribution in [3.63, 3.8) is 0 Å². The van der Waals surface area contributed by atoms with Gasteiger partial charge in [0.1, 0.15) is 6.10 Å². The van der Waals surface area contributed by atoms with Crippen molar-refractivity contribution in [2.75, 3.05) is 0 Å². The van der Waals surface area contributed by atoms with Crippen LogP contribution in [0.5, 0.6) is 0 Å². The summed E-state index contributed by atoms with van der Waals surface area (Å²) in [6.45, 7) is 0. The van der Waals surface area contributed by atoms with Crippen LogP contribution in [0.3, 0.4) is 0 Å². The van der Waals surface area contributed by atoms with Crippen LogP contribution in [0.15, 0.2) is 26.7 Å². The van der Waals surface area contributed by atoms with Gasteiger partial charge in [0.2, 0.25) is 0 Å². The van der Waals surface area contributed by atoms with Gasteiger partial charge in [0.15, 0.2) is 0 Å². The van der Waals surface area contributed by atoms with Crippen LogP contribution in [-0.2, 0) is 0 Å². The highest BCUT2D eigenvalue weighted by Crippen LogP contribution is 2.35. The van der Waals surface area contributed by atoms with Crippen molar-refractivity contribution in [2.45, 2.75) is 6.10 Å². The summed E-state index contributed by atoms with van der Waals surface area (Å²) in [6.07, 6.45) is -0.606. The van der Waals surface area contributed by atoms with Crippen LogP contribution >= 0.6 is 50.2 Å². The van der Waals surface area contributed by atoms with Crippen LogP contribution in [0.1, 0.15) is 16.5 Å². The van der Waals surface area contributed by atoms with Gasteiger partial charge >= 0.3 is 0 Å². The van der Waals surface area contributed by atoms with Gasteiger partial charge in [0.25, 0.3) is 0 Å². The van der Waals surface area contributed by atoms with Gasteiger partial charge in [-0.05, 0) is 44.4 Å². The van der Waals surface area contributed by atoms with E-state index < -0.39 is 6.10 Å². The fraction of sp³-hybridized carbons (Fsp3) is 0.111. The molecule has 2 aromatic rings. The Kier molecular flexibility index (Phi) is 3.29. The smallest absolute Gasteiger partial charge is 0.116 e. The lowest BCUT2D eigenvalue weighted by Gasteiger charge is -2.06. The third-order valence-corrected chi connectivity index (χ3v) is 4.73. The molecule has 0 aromatic carbocycles. The van der Waals surface area contributed by atoms with E-state index in [0.29, 0.717) is 5.02 Å². The van der Waals surface area contributed by atoms with E-state index in [-0.39, 0.29) is 0 Å². The fourth-order valence-corrected chi connectivity index (χ4v) is 3.48. The Labute approximate surface area is 103 Å². The first-order valence-corrected chi connectivity index (χ1v) is 6.76.